The van der Waals surface area contributed by atoms with E-state index < -0.39 is 11.6 Å². The van der Waals surface area contributed by atoms with Crippen LogP contribution in [0.3, 0.4) is 0 Å². The summed E-state index contributed by atoms with van der Waals surface area (Å²) in [5.41, 5.74) is 0.144. The molecule has 19 heavy (non-hydrogen) atoms. The summed E-state index contributed by atoms with van der Waals surface area (Å²) in [5, 5.41) is 9.77. The van der Waals surface area contributed by atoms with Gasteiger partial charge in [-0.1, -0.05) is 6.92 Å². The summed E-state index contributed by atoms with van der Waals surface area (Å²) in [5.74, 6) is -2.25. The second-order valence-electron chi connectivity index (χ2n) is 4.90. The minimum atomic E-state index is -1.02. The van der Waals surface area contributed by atoms with Crippen LogP contribution in [-0.4, -0.2) is 35.1 Å². The lowest BCUT2D eigenvalue weighted by Gasteiger charge is -2.35. The molecule has 1 aromatic carbocycles. The molecule has 0 radical (unpaired) electrons. The van der Waals surface area contributed by atoms with Crippen LogP contribution in [0.15, 0.2) is 18.2 Å². The van der Waals surface area contributed by atoms with E-state index in [9.17, 15) is 18.7 Å². The second-order valence-corrected chi connectivity index (χ2v) is 4.90. The van der Waals surface area contributed by atoms with Gasteiger partial charge in [-0.15, -0.1) is 0 Å². The number of likely N-dealkylation sites (tertiary alicyclic amines) is 1. The average molecular weight is 269 g/mol. The minimum Gasteiger partial charge on any atom is -0.393 e. The number of nitrogens with zero attached hydrogens (tertiary/aromatic N) is 1. The molecule has 0 bridgehead atoms. The standard InChI is InChI=1S/C14H17F2NO2/c1-2-9-8-17(6-5-13(9)18)14(19)10-3-4-11(15)12(16)7-10/h3-4,7,9,13,18H,2,5-6,8H2,1H3. The molecule has 0 spiro atoms. The lowest BCUT2D eigenvalue weighted by atomic mass is 9.92. The Bertz CT molecular complexity index is 479. The van der Waals surface area contributed by atoms with Crippen molar-refractivity contribution in [2.45, 2.75) is 25.9 Å². The zero-order valence-corrected chi connectivity index (χ0v) is 10.8. The van der Waals surface area contributed by atoms with Crippen molar-refractivity contribution in [3.05, 3.63) is 35.4 Å². The van der Waals surface area contributed by atoms with Gasteiger partial charge in [0.15, 0.2) is 11.6 Å². The topological polar surface area (TPSA) is 40.5 Å². The van der Waals surface area contributed by atoms with Gasteiger partial charge in [0.2, 0.25) is 0 Å². The number of rotatable bonds is 2. The van der Waals surface area contributed by atoms with Gasteiger partial charge >= 0.3 is 0 Å². The fraction of sp³-hybridized carbons (Fsp3) is 0.500. The Morgan fingerprint density at radius 3 is 2.79 bits per heavy atom. The van der Waals surface area contributed by atoms with Crippen molar-refractivity contribution >= 4 is 5.91 Å². The predicted octanol–water partition coefficient (Wildman–Crippen LogP) is 2.20. The molecule has 1 N–H and O–H groups in total. The minimum absolute atomic E-state index is 0.0444. The summed E-state index contributed by atoms with van der Waals surface area (Å²) in [6.07, 6.45) is 0.912. The molecule has 3 nitrogen and oxygen atoms in total. The SMILES string of the molecule is CCC1CN(C(=O)c2ccc(F)c(F)c2)CCC1O. The van der Waals surface area contributed by atoms with E-state index in [0.717, 1.165) is 18.6 Å². The van der Waals surface area contributed by atoms with Gasteiger partial charge in [-0.2, -0.15) is 0 Å². The third kappa shape index (κ3) is 2.92. The molecule has 2 unspecified atom stereocenters. The highest BCUT2D eigenvalue weighted by atomic mass is 19.2. The number of hydrogen-bond acceptors (Lipinski definition) is 2. The summed E-state index contributed by atoms with van der Waals surface area (Å²) in [6.45, 7) is 2.85. The second kappa shape index (κ2) is 5.65. The molecule has 0 aromatic heterocycles. The van der Waals surface area contributed by atoms with Gasteiger partial charge in [0.1, 0.15) is 0 Å². The van der Waals surface area contributed by atoms with Gasteiger partial charge in [0, 0.05) is 24.6 Å². The number of aliphatic hydroxyl groups excluding tert-OH is 1. The fourth-order valence-electron chi connectivity index (χ4n) is 2.42. The van der Waals surface area contributed by atoms with Gasteiger partial charge < -0.3 is 10.0 Å². The van der Waals surface area contributed by atoms with Gasteiger partial charge in [-0.3, -0.25) is 4.79 Å². The molecule has 1 aliphatic heterocycles. The van der Waals surface area contributed by atoms with Crippen molar-refractivity contribution in [2.24, 2.45) is 5.92 Å². The number of hydrogen-bond donors (Lipinski definition) is 1. The summed E-state index contributed by atoms with van der Waals surface area (Å²) in [6, 6.07) is 3.16. The Morgan fingerprint density at radius 1 is 1.42 bits per heavy atom. The van der Waals surface area contributed by atoms with E-state index in [2.05, 4.69) is 0 Å². The molecule has 1 amide bonds. The number of carbonyl (C=O) groups is 1. The normalized spacial score (nSPS) is 23.5. The Kier molecular flexibility index (Phi) is 4.14. The number of halogens is 2. The molecule has 2 atom stereocenters. The molecular weight excluding hydrogens is 252 g/mol. The Balaban J connectivity index is 2.13. The molecule has 104 valence electrons. The zero-order valence-electron chi connectivity index (χ0n) is 10.8. The Morgan fingerprint density at radius 2 is 2.16 bits per heavy atom. The molecule has 0 aliphatic carbocycles. The quantitative estimate of drug-likeness (QED) is 0.894. The predicted molar refractivity (Wildman–Crippen MR) is 66.7 cm³/mol. The van der Waals surface area contributed by atoms with Crippen molar-refractivity contribution in [1.82, 2.24) is 4.90 Å². The molecular formula is C14H17F2NO2. The van der Waals surface area contributed by atoms with Crippen LogP contribution >= 0.6 is 0 Å². The highest BCUT2D eigenvalue weighted by Gasteiger charge is 2.29. The smallest absolute Gasteiger partial charge is 0.253 e. The van der Waals surface area contributed by atoms with E-state index in [4.69, 9.17) is 0 Å². The van der Waals surface area contributed by atoms with Crippen LogP contribution < -0.4 is 0 Å². The van der Waals surface area contributed by atoms with Crippen molar-refractivity contribution in [2.75, 3.05) is 13.1 Å². The number of benzene rings is 1. The first-order chi connectivity index (χ1) is 9.02. The monoisotopic (exact) mass is 269 g/mol. The van der Waals surface area contributed by atoms with Crippen LogP contribution in [0.1, 0.15) is 30.1 Å². The number of piperidine rings is 1. The summed E-state index contributed by atoms with van der Waals surface area (Å²) in [7, 11) is 0. The highest BCUT2D eigenvalue weighted by Crippen LogP contribution is 2.22. The number of aliphatic hydroxyl groups is 1. The average Bonchev–Trinajstić information content (AvgIpc) is 2.41. The van der Waals surface area contributed by atoms with E-state index in [1.54, 1.807) is 4.90 Å². The summed E-state index contributed by atoms with van der Waals surface area (Å²) < 4.78 is 26.0. The van der Waals surface area contributed by atoms with Gasteiger partial charge in [0.05, 0.1) is 6.10 Å². The largest absolute Gasteiger partial charge is 0.393 e. The highest BCUT2D eigenvalue weighted by molar-refractivity contribution is 5.94. The molecule has 0 saturated carbocycles. The van der Waals surface area contributed by atoms with E-state index in [-0.39, 0.29) is 23.5 Å². The zero-order chi connectivity index (χ0) is 14.0. The molecule has 1 aromatic rings. The van der Waals surface area contributed by atoms with Crippen LogP contribution in [0.25, 0.3) is 0 Å². The number of carbonyl (C=O) groups excluding carboxylic acids is 1. The van der Waals surface area contributed by atoms with E-state index >= 15 is 0 Å². The molecule has 2 rings (SSSR count). The van der Waals surface area contributed by atoms with Crippen molar-refractivity contribution in [3.63, 3.8) is 0 Å². The van der Waals surface area contributed by atoms with Crippen LogP contribution in [0.4, 0.5) is 8.78 Å². The van der Waals surface area contributed by atoms with Crippen LogP contribution in [-0.2, 0) is 0 Å². The Labute approximate surface area is 110 Å². The van der Waals surface area contributed by atoms with Crippen molar-refractivity contribution in [1.29, 1.82) is 0 Å². The molecule has 1 heterocycles. The lowest BCUT2D eigenvalue weighted by Crippen LogP contribution is -2.45. The lowest BCUT2D eigenvalue weighted by molar-refractivity contribution is 0.0228. The molecule has 1 saturated heterocycles. The van der Waals surface area contributed by atoms with Crippen LogP contribution in [0.2, 0.25) is 0 Å². The van der Waals surface area contributed by atoms with Gasteiger partial charge in [-0.05, 0) is 31.0 Å². The van der Waals surface area contributed by atoms with Crippen molar-refractivity contribution < 1.29 is 18.7 Å². The maximum absolute atomic E-state index is 13.1. The maximum atomic E-state index is 13.1. The molecule has 5 heteroatoms. The number of amides is 1. The molecule has 1 aliphatic rings. The first kappa shape index (κ1) is 13.9. The third-order valence-electron chi connectivity index (χ3n) is 3.67. The van der Waals surface area contributed by atoms with Gasteiger partial charge in [0.25, 0.3) is 5.91 Å². The molecule has 1 fully saturated rings. The van der Waals surface area contributed by atoms with Gasteiger partial charge in [-0.25, -0.2) is 8.78 Å². The van der Waals surface area contributed by atoms with E-state index in [1.807, 2.05) is 6.92 Å². The maximum Gasteiger partial charge on any atom is 0.253 e. The summed E-state index contributed by atoms with van der Waals surface area (Å²) in [4.78, 5) is 13.8. The fourth-order valence-corrected chi connectivity index (χ4v) is 2.42. The Hall–Kier alpha value is -1.49. The van der Waals surface area contributed by atoms with E-state index in [0.29, 0.717) is 19.5 Å². The van der Waals surface area contributed by atoms with E-state index in [1.165, 1.54) is 6.07 Å². The first-order valence-electron chi connectivity index (χ1n) is 6.45. The first-order valence-corrected chi connectivity index (χ1v) is 6.45. The van der Waals surface area contributed by atoms with Crippen molar-refractivity contribution in [3.8, 4) is 0 Å². The van der Waals surface area contributed by atoms with Crippen LogP contribution in [0.5, 0.6) is 0 Å². The van der Waals surface area contributed by atoms with Crippen LogP contribution in [0, 0.1) is 17.6 Å². The summed E-state index contributed by atoms with van der Waals surface area (Å²) >= 11 is 0. The third-order valence-corrected chi connectivity index (χ3v) is 3.67.